The number of anilines is 1. The number of hydrogen-bond donors (Lipinski definition) is 2. The molecular formula is C10H12N3O2. The number of hydrogen-bond acceptors (Lipinski definition) is 3. The molecular weight excluding hydrogens is 194 g/mol. The molecule has 15 heavy (non-hydrogen) atoms. The van der Waals surface area contributed by atoms with Crippen LogP contribution in [0.3, 0.4) is 0 Å². The second-order valence-electron chi connectivity index (χ2n) is 2.70. The number of nitrogens with zero attached hydrogens (tertiary/aromatic N) is 1. The first kappa shape index (κ1) is 11.2. The normalized spacial score (nSPS) is 9.40. The highest BCUT2D eigenvalue weighted by molar-refractivity contribution is 5.91. The standard InChI is InChI=1S/C10H12N3O2/c1-11-13(10(15)12-7-8-14)9-5-3-2-4-6-9/h2-6,11H,7H2,1H3,(H,12,15). The van der Waals surface area contributed by atoms with Crippen molar-refractivity contribution >= 4 is 18.0 Å². The van der Waals surface area contributed by atoms with Gasteiger partial charge in [0.2, 0.25) is 6.29 Å². The summed E-state index contributed by atoms with van der Waals surface area (Å²) in [4.78, 5) is 21.5. The van der Waals surface area contributed by atoms with Gasteiger partial charge < -0.3 is 5.32 Å². The molecule has 0 spiro atoms. The van der Waals surface area contributed by atoms with E-state index in [1.165, 1.54) is 5.01 Å². The molecule has 0 saturated heterocycles. The molecule has 0 aliphatic rings. The van der Waals surface area contributed by atoms with Gasteiger partial charge in [-0.05, 0) is 12.1 Å². The molecule has 0 saturated carbocycles. The molecule has 1 rings (SSSR count). The lowest BCUT2D eigenvalue weighted by Crippen LogP contribution is -2.47. The van der Waals surface area contributed by atoms with E-state index in [0.29, 0.717) is 5.69 Å². The number of amides is 2. The van der Waals surface area contributed by atoms with Gasteiger partial charge in [-0.15, -0.1) is 0 Å². The molecule has 2 amide bonds. The fourth-order valence-electron chi connectivity index (χ4n) is 1.12. The number of para-hydroxylation sites is 1. The first-order chi connectivity index (χ1) is 7.29. The van der Waals surface area contributed by atoms with Gasteiger partial charge in [0, 0.05) is 7.05 Å². The van der Waals surface area contributed by atoms with Crippen molar-refractivity contribution in [3.63, 3.8) is 0 Å². The summed E-state index contributed by atoms with van der Waals surface area (Å²) in [6, 6.07) is 8.65. The molecule has 5 heteroatoms. The Labute approximate surface area is 88.0 Å². The van der Waals surface area contributed by atoms with Crippen LogP contribution >= 0.6 is 0 Å². The van der Waals surface area contributed by atoms with Crippen LogP contribution in [0.15, 0.2) is 30.3 Å². The van der Waals surface area contributed by atoms with Crippen LogP contribution in [0, 0.1) is 0 Å². The van der Waals surface area contributed by atoms with Crippen molar-refractivity contribution in [2.45, 2.75) is 0 Å². The minimum Gasteiger partial charge on any atom is -0.329 e. The van der Waals surface area contributed by atoms with Crippen molar-refractivity contribution in [3.05, 3.63) is 30.3 Å². The van der Waals surface area contributed by atoms with Crippen LogP contribution in [0.1, 0.15) is 0 Å². The summed E-state index contributed by atoms with van der Waals surface area (Å²) in [6.07, 6.45) is 1.59. The summed E-state index contributed by atoms with van der Waals surface area (Å²) in [6.45, 7) is -0.121. The summed E-state index contributed by atoms with van der Waals surface area (Å²) < 4.78 is 0. The summed E-state index contributed by atoms with van der Waals surface area (Å²) in [5, 5.41) is 3.69. The number of nitrogens with one attached hydrogen (secondary N) is 2. The molecule has 0 aliphatic carbocycles. The third-order valence-corrected chi connectivity index (χ3v) is 1.75. The van der Waals surface area contributed by atoms with Crippen LogP contribution in [-0.2, 0) is 4.79 Å². The van der Waals surface area contributed by atoms with Gasteiger partial charge in [0.05, 0.1) is 12.2 Å². The largest absolute Gasteiger partial charge is 0.336 e. The van der Waals surface area contributed by atoms with E-state index >= 15 is 0 Å². The summed E-state index contributed by atoms with van der Waals surface area (Å²) in [5.41, 5.74) is 3.42. The lowest BCUT2D eigenvalue weighted by Gasteiger charge is -2.20. The maximum atomic E-state index is 11.5. The summed E-state index contributed by atoms with van der Waals surface area (Å²) >= 11 is 0. The highest BCUT2D eigenvalue weighted by Gasteiger charge is 2.12. The zero-order chi connectivity index (χ0) is 11.1. The van der Waals surface area contributed by atoms with E-state index in [1.807, 2.05) is 18.2 Å². The Bertz CT molecular complexity index is 327. The average molecular weight is 206 g/mol. The Hall–Kier alpha value is -1.88. The molecule has 79 valence electrons. The Balaban J connectivity index is 2.71. The van der Waals surface area contributed by atoms with Crippen molar-refractivity contribution < 1.29 is 9.59 Å². The number of carbonyl (C=O) groups excluding carboxylic acids is 2. The monoisotopic (exact) mass is 206 g/mol. The van der Waals surface area contributed by atoms with Crippen molar-refractivity contribution in [2.24, 2.45) is 0 Å². The highest BCUT2D eigenvalue weighted by atomic mass is 16.2. The first-order valence-electron chi connectivity index (χ1n) is 4.45. The van der Waals surface area contributed by atoms with Crippen LogP contribution in [0.4, 0.5) is 10.5 Å². The number of hydrazine groups is 1. The average Bonchev–Trinajstić information content (AvgIpc) is 2.29. The van der Waals surface area contributed by atoms with Gasteiger partial charge in [0.15, 0.2) is 0 Å². The first-order valence-corrected chi connectivity index (χ1v) is 4.45. The Morgan fingerprint density at radius 1 is 1.40 bits per heavy atom. The quantitative estimate of drug-likeness (QED) is 0.703. The number of urea groups is 1. The van der Waals surface area contributed by atoms with Crippen LogP contribution in [-0.4, -0.2) is 25.9 Å². The molecule has 0 fully saturated rings. The van der Waals surface area contributed by atoms with E-state index in [1.54, 1.807) is 25.5 Å². The SMILES string of the molecule is CNN(C(=O)NC[C]=O)c1ccccc1. The highest BCUT2D eigenvalue weighted by Crippen LogP contribution is 2.10. The third kappa shape index (κ3) is 3.07. The van der Waals surface area contributed by atoms with Crippen LogP contribution in [0.2, 0.25) is 0 Å². The van der Waals surface area contributed by atoms with Gasteiger partial charge in [-0.3, -0.25) is 4.79 Å². The smallest absolute Gasteiger partial charge is 0.329 e. The maximum absolute atomic E-state index is 11.5. The zero-order valence-corrected chi connectivity index (χ0v) is 8.36. The fraction of sp³-hybridized carbons (Fsp3) is 0.200. The molecule has 0 unspecified atom stereocenters. The van der Waals surface area contributed by atoms with E-state index < -0.39 is 6.03 Å². The second-order valence-corrected chi connectivity index (χ2v) is 2.70. The van der Waals surface area contributed by atoms with Crippen molar-refractivity contribution in [3.8, 4) is 0 Å². The second kappa shape index (κ2) is 5.77. The van der Waals surface area contributed by atoms with Gasteiger partial charge in [0.1, 0.15) is 0 Å². The molecule has 1 aromatic carbocycles. The topological polar surface area (TPSA) is 61.4 Å². The predicted molar refractivity (Wildman–Crippen MR) is 57.1 cm³/mol. The van der Waals surface area contributed by atoms with Gasteiger partial charge in [-0.2, -0.15) is 0 Å². The van der Waals surface area contributed by atoms with Gasteiger partial charge in [-0.1, -0.05) is 18.2 Å². The van der Waals surface area contributed by atoms with Crippen molar-refractivity contribution in [1.82, 2.24) is 10.7 Å². The minimum atomic E-state index is -0.396. The van der Waals surface area contributed by atoms with Crippen molar-refractivity contribution in [1.29, 1.82) is 0 Å². The summed E-state index contributed by atoms with van der Waals surface area (Å²) in [5.74, 6) is 0. The molecule has 0 aromatic heterocycles. The van der Waals surface area contributed by atoms with Gasteiger partial charge in [0.25, 0.3) is 0 Å². The van der Waals surface area contributed by atoms with Gasteiger partial charge in [-0.25, -0.2) is 15.2 Å². The third-order valence-electron chi connectivity index (χ3n) is 1.75. The lowest BCUT2D eigenvalue weighted by atomic mass is 10.3. The molecule has 0 aliphatic heterocycles. The van der Waals surface area contributed by atoms with E-state index in [4.69, 9.17) is 0 Å². The minimum absolute atomic E-state index is 0.121. The lowest BCUT2D eigenvalue weighted by molar-refractivity contribution is 0.245. The predicted octanol–water partition coefficient (Wildman–Crippen LogP) is 0.447. The molecule has 1 aromatic rings. The fourth-order valence-corrected chi connectivity index (χ4v) is 1.12. The Kier molecular flexibility index (Phi) is 4.30. The molecule has 1 radical (unpaired) electrons. The maximum Gasteiger partial charge on any atom is 0.336 e. The molecule has 5 nitrogen and oxygen atoms in total. The van der Waals surface area contributed by atoms with E-state index in [9.17, 15) is 9.59 Å². The Morgan fingerprint density at radius 2 is 2.07 bits per heavy atom. The van der Waals surface area contributed by atoms with E-state index in [-0.39, 0.29) is 6.54 Å². The van der Waals surface area contributed by atoms with E-state index in [2.05, 4.69) is 10.7 Å². The number of rotatable bonds is 4. The zero-order valence-electron chi connectivity index (χ0n) is 8.36. The van der Waals surface area contributed by atoms with Crippen LogP contribution in [0.5, 0.6) is 0 Å². The molecule has 2 N–H and O–H groups in total. The van der Waals surface area contributed by atoms with E-state index in [0.717, 1.165) is 0 Å². The molecule has 0 atom stereocenters. The van der Waals surface area contributed by atoms with Crippen LogP contribution < -0.4 is 15.8 Å². The summed E-state index contributed by atoms with van der Waals surface area (Å²) in [7, 11) is 1.62. The number of carbonyl (C=O) groups is 1. The van der Waals surface area contributed by atoms with Gasteiger partial charge >= 0.3 is 6.03 Å². The van der Waals surface area contributed by atoms with Crippen LogP contribution in [0.25, 0.3) is 0 Å². The number of benzene rings is 1. The molecule has 0 bridgehead atoms. The molecule has 0 heterocycles. The Morgan fingerprint density at radius 3 is 2.60 bits per heavy atom. The van der Waals surface area contributed by atoms with Crippen molar-refractivity contribution in [2.75, 3.05) is 18.6 Å².